The summed E-state index contributed by atoms with van der Waals surface area (Å²) in [5.74, 6) is 1.66. The van der Waals surface area contributed by atoms with Crippen molar-refractivity contribution in [3.05, 3.63) is 126 Å². The Hall–Kier alpha value is -4.35. The number of amides is 1. The lowest BCUT2D eigenvalue weighted by atomic mass is 9.90. The minimum atomic E-state index is -0.267. The lowest BCUT2D eigenvalue weighted by Gasteiger charge is -2.44. The van der Waals surface area contributed by atoms with Gasteiger partial charge in [0.2, 0.25) is 0 Å². The van der Waals surface area contributed by atoms with Crippen LogP contribution in [0.15, 0.2) is 109 Å². The normalized spacial score (nSPS) is 19.6. The van der Waals surface area contributed by atoms with E-state index in [1.54, 1.807) is 0 Å². The van der Waals surface area contributed by atoms with Crippen LogP contribution in [0.25, 0.3) is 16.7 Å². The van der Waals surface area contributed by atoms with Gasteiger partial charge >= 0.3 is 6.09 Å². The maximum absolute atomic E-state index is 13.5. The summed E-state index contributed by atoms with van der Waals surface area (Å²) < 4.78 is 17.8. The lowest BCUT2D eigenvalue weighted by molar-refractivity contribution is -0.0331. The number of para-hydroxylation sites is 1. The Balaban J connectivity index is 1.06. The molecule has 2 unspecified atom stereocenters. The minimum absolute atomic E-state index is 0.0463. The number of ether oxygens (including phenoxy) is 3. The van der Waals surface area contributed by atoms with Crippen LogP contribution < -0.4 is 4.74 Å². The molecule has 2 heterocycles. The van der Waals surface area contributed by atoms with Crippen LogP contribution >= 0.6 is 0 Å². The number of hydrogen-bond acceptors (Lipinski definition) is 4. The number of hydrogen-bond donors (Lipinski definition) is 0. The molecule has 2 atom stereocenters. The van der Waals surface area contributed by atoms with E-state index in [0.29, 0.717) is 19.8 Å². The quantitative estimate of drug-likeness (QED) is 0.280. The molecule has 1 amide bonds. The van der Waals surface area contributed by atoms with Crippen LogP contribution in [-0.4, -0.2) is 42.9 Å². The molecular formula is C34H29NO4. The van der Waals surface area contributed by atoms with E-state index in [4.69, 9.17) is 14.2 Å². The fraction of sp³-hybridized carbons (Fsp3) is 0.206. The SMILES string of the molecule is O=C(OCC1c2ccccc2-c2ccccc21)N1C2C=C(c3ccc(Oc4ccccc4)cc3)CC1COC2. The van der Waals surface area contributed by atoms with E-state index in [1.807, 2.05) is 47.4 Å². The van der Waals surface area contributed by atoms with E-state index < -0.39 is 0 Å². The molecule has 5 nitrogen and oxygen atoms in total. The van der Waals surface area contributed by atoms with Gasteiger partial charge in [-0.3, -0.25) is 4.90 Å². The van der Waals surface area contributed by atoms with E-state index in [2.05, 4.69) is 66.7 Å². The molecule has 5 heteroatoms. The van der Waals surface area contributed by atoms with Crippen molar-refractivity contribution < 1.29 is 19.0 Å². The van der Waals surface area contributed by atoms with Crippen molar-refractivity contribution in [2.75, 3.05) is 19.8 Å². The van der Waals surface area contributed by atoms with Crippen LogP contribution in [0, 0.1) is 0 Å². The summed E-state index contributed by atoms with van der Waals surface area (Å²) >= 11 is 0. The van der Waals surface area contributed by atoms with Crippen LogP contribution in [0.1, 0.15) is 29.0 Å². The minimum Gasteiger partial charge on any atom is -0.457 e. The van der Waals surface area contributed by atoms with E-state index in [0.717, 1.165) is 23.5 Å². The van der Waals surface area contributed by atoms with Crippen molar-refractivity contribution in [3.63, 3.8) is 0 Å². The molecule has 0 radical (unpaired) electrons. The van der Waals surface area contributed by atoms with Gasteiger partial charge in [0.1, 0.15) is 18.1 Å². The molecule has 0 aromatic heterocycles. The molecule has 1 fully saturated rings. The summed E-state index contributed by atoms with van der Waals surface area (Å²) in [5.41, 5.74) is 7.25. The van der Waals surface area contributed by atoms with E-state index in [9.17, 15) is 4.79 Å². The van der Waals surface area contributed by atoms with Crippen LogP contribution in [0.2, 0.25) is 0 Å². The summed E-state index contributed by atoms with van der Waals surface area (Å²) in [6.45, 7) is 1.30. The number of morpholine rings is 1. The highest BCUT2D eigenvalue weighted by Gasteiger charge is 2.40. The zero-order chi connectivity index (χ0) is 26.2. The molecule has 0 N–H and O–H groups in total. The number of carbonyl (C=O) groups excluding carboxylic acids is 1. The molecule has 2 aliphatic heterocycles. The summed E-state index contributed by atoms with van der Waals surface area (Å²) in [7, 11) is 0. The van der Waals surface area contributed by atoms with Crippen LogP contribution in [0.4, 0.5) is 4.79 Å². The fourth-order valence-electron chi connectivity index (χ4n) is 6.12. The molecule has 0 spiro atoms. The second-order valence-electron chi connectivity index (χ2n) is 10.3. The molecular weight excluding hydrogens is 486 g/mol. The van der Waals surface area contributed by atoms with Gasteiger partial charge in [-0.25, -0.2) is 4.79 Å². The van der Waals surface area contributed by atoms with Crippen molar-refractivity contribution in [2.24, 2.45) is 0 Å². The largest absolute Gasteiger partial charge is 0.457 e. The van der Waals surface area contributed by atoms with E-state index in [-0.39, 0.29) is 24.1 Å². The van der Waals surface area contributed by atoms with Crippen molar-refractivity contribution in [2.45, 2.75) is 24.4 Å². The lowest BCUT2D eigenvalue weighted by Crippen LogP contribution is -2.56. The zero-order valence-electron chi connectivity index (χ0n) is 21.5. The Kier molecular flexibility index (Phi) is 6.14. The van der Waals surface area contributed by atoms with Crippen molar-refractivity contribution in [1.29, 1.82) is 0 Å². The molecule has 0 saturated carbocycles. The van der Waals surface area contributed by atoms with Gasteiger partial charge in [-0.05, 0) is 64.1 Å². The highest BCUT2D eigenvalue weighted by molar-refractivity contribution is 5.79. The maximum Gasteiger partial charge on any atom is 0.410 e. The van der Waals surface area contributed by atoms with Crippen LogP contribution in [0.5, 0.6) is 11.5 Å². The predicted molar refractivity (Wildman–Crippen MR) is 151 cm³/mol. The standard InChI is InChI=1S/C34H29NO4/c36-34(38-22-33-31-12-6-4-10-29(31)30-11-5-7-13-32(30)33)35-25-18-24(19-26(35)21-37-20-25)23-14-16-28(17-15-23)39-27-8-2-1-3-9-27/h1-18,25-26,33H,19-22H2. The predicted octanol–water partition coefficient (Wildman–Crippen LogP) is 7.28. The number of rotatable bonds is 5. The van der Waals surface area contributed by atoms with Gasteiger partial charge in [0.15, 0.2) is 0 Å². The Morgan fingerprint density at radius 2 is 1.41 bits per heavy atom. The number of nitrogens with zero attached hydrogens (tertiary/aromatic N) is 1. The molecule has 1 saturated heterocycles. The Labute approximate surface area is 228 Å². The third-order valence-corrected chi connectivity index (χ3v) is 7.95. The first-order valence-electron chi connectivity index (χ1n) is 13.5. The van der Waals surface area contributed by atoms with Crippen LogP contribution in [-0.2, 0) is 9.47 Å². The summed E-state index contributed by atoms with van der Waals surface area (Å²) in [5, 5.41) is 0. The Morgan fingerprint density at radius 1 is 0.769 bits per heavy atom. The summed E-state index contributed by atoms with van der Waals surface area (Å²) in [4.78, 5) is 15.3. The van der Waals surface area contributed by atoms with Gasteiger partial charge in [0.05, 0.1) is 25.3 Å². The molecule has 39 heavy (non-hydrogen) atoms. The highest BCUT2D eigenvalue weighted by atomic mass is 16.6. The van der Waals surface area contributed by atoms with Crippen molar-refractivity contribution in [1.82, 2.24) is 4.90 Å². The van der Waals surface area contributed by atoms with Gasteiger partial charge < -0.3 is 14.2 Å². The third-order valence-electron chi connectivity index (χ3n) is 7.95. The number of fused-ring (bicyclic) bond motifs is 5. The maximum atomic E-state index is 13.5. The Morgan fingerprint density at radius 3 is 2.10 bits per heavy atom. The average molecular weight is 516 g/mol. The topological polar surface area (TPSA) is 48.0 Å². The first-order valence-corrected chi connectivity index (χ1v) is 13.5. The number of benzene rings is 4. The molecule has 194 valence electrons. The molecule has 3 aliphatic rings. The van der Waals surface area contributed by atoms with Gasteiger partial charge in [-0.15, -0.1) is 0 Å². The molecule has 7 rings (SSSR count). The molecule has 4 aromatic carbocycles. The summed E-state index contributed by atoms with van der Waals surface area (Å²) in [6, 6.07) is 34.5. The second kappa shape index (κ2) is 10.1. The molecule has 2 bridgehead atoms. The fourth-order valence-corrected chi connectivity index (χ4v) is 6.12. The monoisotopic (exact) mass is 515 g/mol. The average Bonchev–Trinajstić information content (AvgIpc) is 3.30. The first-order chi connectivity index (χ1) is 19.2. The smallest absolute Gasteiger partial charge is 0.410 e. The van der Waals surface area contributed by atoms with Gasteiger partial charge in [-0.1, -0.05) is 84.9 Å². The number of carbonyl (C=O) groups is 1. The second-order valence-corrected chi connectivity index (χ2v) is 10.3. The van der Waals surface area contributed by atoms with Crippen molar-refractivity contribution >= 4 is 11.7 Å². The van der Waals surface area contributed by atoms with Gasteiger partial charge in [0, 0.05) is 5.92 Å². The highest BCUT2D eigenvalue weighted by Crippen LogP contribution is 2.44. The molecule has 4 aromatic rings. The van der Waals surface area contributed by atoms with Crippen LogP contribution in [0.3, 0.4) is 0 Å². The van der Waals surface area contributed by atoms with Gasteiger partial charge in [0.25, 0.3) is 0 Å². The van der Waals surface area contributed by atoms with Crippen molar-refractivity contribution in [3.8, 4) is 22.6 Å². The third kappa shape index (κ3) is 4.49. The van der Waals surface area contributed by atoms with E-state index >= 15 is 0 Å². The first kappa shape index (κ1) is 23.7. The van der Waals surface area contributed by atoms with E-state index in [1.165, 1.54) is 27.8 Å². The summed E-state index contributed by atoms with van der Waals surface area (Å²) in [6.07, 6.45) is 2.61. The molecule has 1 aliphatic carbocycles. The zero-order valence-corrected chi connectivity index (χ0v) is 21.5. The van der Waals surface area contributed by atoms with Gasteiger partial charge in [-0.2, -0.15) is 0 Å². The Bertz CT molecular complexity index is 1480.